The van der Waals surface area contributed by atoms with Crippen LogP contribution in [0.15, 0.2) is 60.9 Å². The van der Waals surface area contributed by atoms with E-state index >= 15 is 0 Å². The number of halogens is 1. The summed E-state index contributed by atoms with van der Waals surface area (Å²) in [6.45, 7) is 4.68. The maximum absolute atomic E-state index is 13.2. The number of anilines is 2. The number of carbonyl (C=O) groups is 1. The molecule has 2 aromatic carbocycles. The molecule has 0 unspecified atom stereocenters. The summed E-state index contributed by atoms with van der Waals surface area (Å²) in [6, 6.07) is 14.2. The maximum atomic E-state index is 13.2. The summed E-state index contributed by atoms with van der Waals surface area (Å²) in [5.41, 5.74) is 3.38. The molecule has 32 heavy (non-hydrogen) atoms. The van der Waals surface area contributed by atoms with E-state index in [0.29, 0.717) is 18.7 Å². The molecule has 1 amide bonds. The van der Waals surface area contributed by atoms with Gasteiger partial charge in [0.25, 0.3) is 5.91 Å². The van der Waals surface area contributed by atoms with Gasteiger partial charge in [-0.2, -0.15) is 0 Å². The molecule has 2 saturated heterocycles. The van der Waals surface area contributed by atoms with Crippen LogP contribution in [0.4, 0.5) is 15.9 Å². The van der Waals surface area contributed by atoms with Crippen molar-refractivity contribution in [3.05, 3.63) is 72.3 Å². The molecule has 6 nitrogen and oxygen atoms in total. The number of hydrogen-bond donors (Lipinski definition) is 0. The van der Waals surface area contributed by atoms with Gasteiger partial charge in [-0.3, -0.25) is 9.78 Å². The number of carbonyl (C=O) groups excluding carboxylic acids is 1. The molecule has 0 N–H and O–H groups in total. The van der Waals surface area contributed by atoms with Gasteiger partial charge in [0, 0.05) is 68.5 Å². The second-order valence-electron chi connectivity index (χ2n) is 8.26. The molecule has 0 aliphatic carbocycles. The van der Waals surface area contributed by atoms with Crippen molar-refractivity contribution in [1.82, 2.24) is 14.9 Å². The van der Waals surface area contributed by atoms with Gasteiger partial charge in [-0.1, -0.05) is 12.1 Å². The number of nitrogens with zero attached hydrogens (tertiary/aromatic N) is 5. The molecular formula is C25H26FN5O. The van der Waals surface area contributed by atoms with E-state index in [0.717, 1.165) is 48.9 Å². The maximum Gasteiger partial charge on any atom is 0.253 e. The molecule has 2 aliphatic rings. The van der Waals surface area contributed by atoms with E-state index < -0.39 is 0 Å². The standard InChI is InChI=1S/C25H26FN5O/c26-21-6-8-22(9-7-21)29-14-16-31(17-15-29)25(32)20-5-3-4-19(18-20)23-24(28-11-10-27-23)30-12-1-2-13-30/h3-11,18H,1-2,12-17H2. The Hall–Kier alpha value is -3.48. The molecule has 2 aliphatic heterocycles. The Morgan fingerprint density at radius 3 is 2.28 bits per heavy atom. The number of piperazine rings is 1. The minimum absolute atomic E-state index is 0.0252. The van der Waals surface area contributed by atoms with Gasteiger partial charge < -0.3 is 14.7 Å². The van der Waals surface area contributed by atoms with Crippen LogP contribution in [0.25, 0.3) is 11.3 Å². The molecular weight excluding hydrogens is 405 g/mol. The lowest BCUT2D eigenvalue weighted by Gasteiger charge is -2.36. The molecule has 0 saturated carbocycles. The smallest absolute Gasteiger partial charge is 0.253 e. The van der Waals surface area contributed by atoms with Crippen LogP contribution in [-0.4, -0.2) is 60.0 Å². The zero-order valence-corrected chi connectivity index (χ0v) is 18.0. The monoisotopic (exact) mass is 431 g/mol. The largest absolute Gasteiger partial charge is 0.368 e. The van der Waals surface area contributed by atoms with Crippen molar-refractivity contribution in [1.29, 1.82) is 0 Å². The van der Waals surface area contributed by atoms with Gasteiger partial charge in [-0.25, -0.2) is 9.37 Å². The fraction of sp³-hybridized carbons (Fsp3) is 0.320. The predicted molar refractivity (Wildman–Crippen MR) is 123 cm³/mol. The molecule has 2 fully saturated rings. The Morgan fingerprint density at radius 2 is 1.53 bits per heavy atom. The summed E-state index contributed by atoms with van der Waals surface area (Å²) in [4.78, 5) is 28.7. The fourth-order valence-electron chi connectivity index (χ4n) is 4.50. The van der Waals surface area contributed by atoms with Crippen molar-refractivity contribution in [3.63, 3.8) is 0 Å². The molecule has 0 bridgehead atoms. The van der Waals surface area contributed by atoms with E-state index in [1.54, 1.807) is 24.5 Å². The van der Waals surface area contributed by atoms with Crippen LogP contribution in [0.5, 0.6) is 0 Å². The van der Waals surface area contributed by atoms with Crippen molar-refractivity contribution in [2.45, 2.75) is 12.8 Å². The van der Waals surface area contributed by atoms with E-state index in [1.165, 1.54) is 25.0 Å². The normalized spacial score (nSPS) is 16.5. The van der Waals surface area contributed by atoms with Crippen molar-refractivity contribution in [2.75, 3.05) is 49.1 Å². The second-order valence-corrected chi connectivity index (χ2v) is 8.26. The van der Waals surface area contributed by atoms with Crippen LogP contribution in [-0.2, 0) is 0 Å². The van der Waals surface area contributed by atoms with E-state index in [-0.39, 0.29) is 11.7 Å². The van der Waals surface area contributed by atoms with Gasteiger partial charge in [0.05, 0.1) is 0 Å². The molecule has 1 aromatic heterocycles. The van der Waals surface area contributed by atoms with Gasteiger partial charge in [-0.05, 0) is 49.2 Å². The highest BCUT2D eigenvalue weighted by Crippen LogP contribution is 2.29. The molecule has 0 spiro atoms. The number of rotatable bonds is 4. The Balaban J connectivity index is 1.31. The van der Waals surface area contributed by atoms with Crippen molar-refractivity contribution in [3.8, 4) is 11.3 Å². The van der Waals surface area contributed by atoms with Crippen LogP contribution in [0.2, 0.25) is 0 Å². The van der Waals surface area contributed by atoms with Crippen molar-refractivity contribution >= 4 is 17.4 Å². The zero-order valence-electron chi connectivity index (χ0n) is 18.0. The van der Waals surface area contributed by atoms with Gasteiger partial charge >= 0.3 is 0 Å². The van der Waals surface area contributed by atoms with Crippen molar-refractivity contribution < 1.29 is 9.18 Å². The highest BCUT2D eigenvalue weighted by molar-refractivity contribution is 5.96. The Morgan fingerprint density at radius 1 is 0.812 bits per heavy atom. The number of hydrogen-bond acceptors (Lipinski definition) is 5. The van der Waals surface area contributed by atoms with Gasteiger partial charge in [-0.15, -0.1) is 0 Å². The lowest BCUT2D eigenvalue weighted by Crippen LogP contribution is -2.48. The van der Waals surface area contributed by atoms with E-state index in [4.69, 9.17) is 0 Å². The quantitative estimate of drug-likeness (QED) is 0.628. The minimum Gasteiger partial charge on any atom is -0.368 e. The summed E-state index contributed by atoms with van der Waals surface area (Å²) >= 11 is 0. The lowest BCUT2D eigenvalue weighted by molar-refractivity contribution is 0.0747. The van der Waals surface area contributed by atoms with Crippen LogP contribution in [0.1, 0.15) is 23.2 Å². The third-order valence-corrected chi connectivity index (χ3v) is 6.23. The van der Waals surface area contributed by atoms with Gasteiger partial charge in [0.2, 0.25) is 0 Å². The summed E-state index contributed by atoms with van der Waals surface area (Å²) < 4.78 is 13.2. The van der Waals surface area contributed by atoms with Crippen LogP contribution in [0, 0.1) is 5.82 Å². The third kappa shape index (κ3) is 4.15. The summed E-state index contributed by atoms with van der Waals surface area (Å²) in [5.74, 6) is 0.679. The summed E-state index contributed by atoms with van der Waals surface area (Å²) in [5, 5.41) is 0. The first kappa shape index (κ1) is 20.4. The number of aromatic nitrogens is 2. The van der Waals surface area contributed by atoms with E-state index in [1.807, 2.05) is 29.2 Å². The first-order valence-electron chi connectivity index (χ1n) is 11.2. The molecule has 164 valence electrons. The fourth-order valence-corrected chi connectivity index (χ4v) is 4.50. The predicted octanol–water partition coefficient (Wildman–Crippen LogP) is 3.85. The number of amides is 1. The lowest BCUT2D eigenvalue weighted by atomic mass is 10.1. The topological polar surface area (TPSA) is 52.6 Å². The molecule has 7 heteroatoms. The average molecular weight is 432 g/mol. The third-order valence-electron chi connectivity index (χ3n) is 6.23. The van der Waals surface area contributed by atoms with Gasteiger partial charge in [0.1, 0.15) is 11.5 Å². The number of benzene rings is 2. The van der Waals surface area contributed by atoms with E-state index in [9.17, 15) is 9.18 Å². The molecule has 3 heterocycles. The SMILES string of the molecule is O=C(c1cccc(-c2nccnc2N2CCCC2)c1)N1CCN(c2ccc(F)cc2)CC1. The Kier molecular flexibility index (Phi) is 5.71. The zero-order chi connectivity index (χ0) is 21.9. The highest BCUT2D eigenvalue weighted by atomic mass is 19.1. The van der Waals surface area contributed by atoms with Gasteiger partial charge in [0.15, 0.2) is 5.82 Å². The Bertz CT molecular complexity index is 1090. The highest BCUT2D eigenvalue weighted by Gasteiger charge is 2.24. The van der Waals surface area contributed by atoms with Crippen LogP contribution in [0.3, 0.4) is 0 Å². The van der Waals surface area contributed by atoms with E-state index in [2.05, 4.69) is 19.8 Å². The van der Waals surface area contributed by atoms with Crippen molar-refractivity contribution in [2.24, 2.45) is 0 Å². The molecule has 0 radical (unpaired) electrons. The van der Waals surface area contributed by atoms with Crippen LogP contribution < -0.4 is 9.80 Å². The second kappa shape index (κ2) is 8.94. The Labute approximate surface area is 187 Å². The molecule has 0 atom stereocenters. The first-order valence-corrected chi connectivity index (χ1v) is 11.2. The molecule has 5 rings (SSSR count). The minimum atomic E-state index is -0.238. The average Bonchev–Trinajstić information content (AvgIpc) is 3.39. The summed E-state index contributed by atoms with van der Waals surface area (Å²) in [7, 11) is 0. The van der Waals surface area contributed by atoms with Crippen LogP contribution >= 0.6 is 0 Å². The summed E-state index contributed by atoms with van der Waals surface area (Å²) in [6.07, 6.45) is 5.77. The first-order chi connectivity index (χ1) is 15.7. The molecule has 3 aromatic rings.